The molecule has 0 spiro atoms. The number of aliphatic hydroxyl groups excluding tert-OH is 1. The number of aromatic nitrogens is 2. The Morgan fingerprint density at radius 1 is 1.05 bits per heavy atom. The van der Waals surface area contributed by atoms with Crippen molar-refractivity contribution in [1.82, 2.24) is 10.2 Å². The molecule has 5 rings (SSSR count). The number of anilines is 1. The summed E-state index contributed by atoms with van der Waals surface area (Å²) in [6, 6.07) is 18.5. The highest BCUT2D eigenvalue weighted by Crippen LogP contribution is 2.46. The molecule has 1 fully saturated rings. The minimum atomic E-state index is -1.04. The average Bonchev–Trinajstić information content (AvgIpc) is 3.50. The summed E-state index contributed by atoms with van der Waals surface area (Å²) in [5.74, 6) is -0.751. The molecule has 0 saturated carbocycles. The van der Waals surface area contributed by atoms with Crippen LogP contribution in [0.4, 0.5) is 5.13 Å². The van der Waals surface area contributed by atoms with E-state index in [0.29, 0.717) is 38.6 Å². The summed E-state index contributed by atoms with van der Waals surface area (Å²) in [6.45, 7) is 4.38. The Bertz CT molecular complexity index is 1600. The van der Waals surface area contributed by atoms with E-state index in [4.69, 9.17) is 27.9 Å². The van der Waals surface area contributed by atoms with Gasteiger partial charge in [-0.3, -0.25) is 14.5 Å². The fraction of sp³-hybridized carbons (Fsp3) is 0.172. The van der Waals surface area contributed by atoms with Crippen LogP contribution < -0.4 is 9.64 Å². The van der Waals surface area contributed by atoms with Gasteiger partial charge in [-0.1, -0.05) is 82.2 Å². The van der Waals surface area contributed by atoms with Gasteiger partial charge in [-0.25, -0.2) is 0 Å². The number of ketones is 1. The van der Waals surface area contributed by atoms with Gasteiger partial charge in [0.1, 0.15) is 11.5 Å². The SMILES string of the molecule is CCOc1ccc(/C(O)=C2/C(=O)C(=O)N(c3nnc(SCc4ccc(C)cc4)s3)C2c2ccc(Cl)cc2Cl)cc1. The van der Waals surface area contributed by atoms with Gasteiger partial charge in [0.15, 0.2) is 4.34 Å². The second kappa shape index (κ2) is 12.0. The van der Waals surface area contributed by atoms with Gasteiger partial charge >= 0.3 is 5.91 Å². The van der Waals surface area contributed by atoms with Crippen molar-refractivity contribution in [2.45, 2.75) is 30.0 Å². The fourth-order valence-corrected chi connectivity index (χ4v) is 6.60. The zero-order chi connectivity index (χ0) is 28.4. The molecule has 0 radical (unpaired) electrons. The lowest BCUT2D eigenvalue weighted by atomic mass is 9.95. The second-order valence-corrected chi connectivity index (χ2v) is 11.9. The summed E-state index contributed by atoms with van der Waals surface area (Å²) in [5.41, 5.74) is 2.96. The van der Waals surface area contributed by atoms with Crippen molar-refractivity contribution in [2.24, 2.45) is 0 Å². The molecule has 1 saturated heterocycles. The summed E-state index contributed by atoms with van der Waals surface area (Å²) in [4.78, 5) is 28.1. The molecule has 1 aliphatic heterocycles. The van der Waals surface area contributed by atoms with Gasteiger partial charge in [0.05, 0.1) is 18.2 Å². The molecule has 1 atom stereocenters. The minimum Gasteiger partial charge on any atom is -0.507 e. The predicted molar refractivity (Wildman–Crippen MR) is 160 cm³/mol. The molecule has 1 aliphatic rings. The van der Waals surface area contributed by atoms with Crippen molar-refractivity contribution < 1.29 is 19.4 Å². The number of benzene rings is 3. The molecule has 7 nitrogen and oxygen atoms in total. The molecule has 0 bridgehead atoms. The summed E-state index contributed by atoms with van der Waals surface area (Å²) in [6.07, 6.45) is 0. The molecule has 2 heterocycles. The van der Waals surface area contributed by atoms with Crippen LogP contribution in [0.2, 0.25) is 10.0 Å². The number of rotatable bonds is 8. The molecule has 1 aromatic heterocycles. The lowest BCUT2D eigenvalue weighted by molar-refractivity contribution is -0.132. The number of carbonyl (C=O) groups excluding carboxylic acids is 2. The third kappa shape index (κ3) is 5.74. The number of hydrogen-bond donors (Lipinski definition) is 1. The van der Waals surface area contributed by atoms with E-state index in [9.17, 15) is 14.7 Å². The molecule has 1 amide bonds. The zero-order valence-electron chi connectivity index (χ0n) is 21.4. The zero-order valence-corrected chi connectivity index (χ0v) is 24.6. The monoisotopic (exact) mass is 611 g/mol. The standard InChI is InChI=1S/C29H23Cl2N3O4S2/c1-3-38-20-11-8-18(9-12-20)25(35)23-24(21-13-10-19(30)14-22(21)31)34(27(37)26(23)36)28-32-33-29(40-28)39-15-17-6-4-16(2)5-7-17/h4-14,24,35H,3,15H2,1-2H3/b25-23-. The average molecular weight is 613 g/mol. The van der Waals surface area contributed by atoms with Crippen LogP contribution >= 0.6 is 46.3 Å². The number of halogens is 2. The molecule has 0 aliphatic carbocycles. The Balaban J connectivity index is 1.54. The lowest BCUT2D eigenvalue weighted by Gasteiger charge is -2.23. The highest BCUT2D eigenvalue weighted by Gasteiger charge is 2.49. The maximum atomic E-state index is 13.4. The minimum absolute atomic E-state index is 0.109. The van der Waals surface area contributed by atoms with Crippen LogP contribution in [-0.4, -0.2) is 33.6 Å². The third-order valence-corrected chi connectivity index (χ3v) is 8.91. The number of amides is 1. The van der Waals surface area contributed by atoms with E-state index in [0.717, 1.165) is 5.56 Å². The maximum absolute atomic E-state index is 13.4. The van der Waals surface area contributed by atoms with Crippen molar-refractivity contribution in [3.63, 3.8) is 0 Å². The normalized spacial score (nSPS) is 16.5. The molecular weight excluding hydrogens is 589 g/mol. The van der Waals surface area contributed by atoms with Crippen LogP contribution in [0.1, 0.15) is 35.2 Å². The molecule has 3 aromatic carbocycles. The van der Waals surface area contributed by atoms with Gasteiger partial charge in [-0.05, 0) is 61.4 Å². The van der Waals surface area contributed by atoms with Crippen molar-refractivity contribution in [2.75, 3.05) is 11.5 Å². The number of aliphatic hydroxyl groups is 1. The Hall–Kier alpha value is -3.37. The van der Waals surface area contributed by atoms with Gasteiger partial charge in [0.2, 0.25) is 5.13 Å². The van der Waals surface area contributed by atoms with Crippen LogP contribution in [-0.2, 0) is 15.3 Å². The van der Waals surface area contributed by atoms with E-state index < -0.39 is 17.7 Å². The van der Waals surface area contributed by atoms with E-state index in [2.05, 4.69) is 10.2 Å². The van der Waals surface area contributed by atoms with Gasteiger partial charge in [0.25, 0.3) is 5.78 Å². The first-order valence-corrected chi connectivity index (χ1v) is 14.8. The number of thioether (sulfide) groups is 1. The van der Waals surface area contributed by atoms with E-state index in [1.54, 1.807) is 36.4 Å². The summed E-state index contributed by atoms with van der Waals surface area (Å²) < 4.78 is 6.11. The Kier molecular flexibility index (Phi) is 8.46. The number of nitrogens with zero attached hydrogens (tertiary/aromatic N) is 3. The first kappa shape index (κ1) is 28.2. The highest BCUT2D eigenvalue weighted by atomic mass is 35.5. The van der Waals surface area contributed by atoms with Gasteiger partial charge in [0, 0.05) is 21.4 Å². The smallest absolute Gasteiger partial charge is 0.301 e. The van der Waals surface area contributed by atoms with Crippen LogP contribution in [0.15, 0.2) is 76.6 Å². The summed E-state index contributed by atoms with van der Waals surface area (Å²) in [5, 5.41) is 20.7. The van der Waals surface area contributed by atoms with E-state index in [1.807, 2.05) is 38.1 Å². The predicted octanol–water partition coefficient (Wildman–Crippen LogP) is 7.47. The van der Waals surface area contributed by atoms with E-state index in [-0.39, 0.29) is 21.5 Å². The quantitative estimate of drug-likeness (QED) is 0.0726. The van der Waals surface area contributed by atoms with E-state index in [1.165, 1.54) is 39.6 Å². The summed E-state index contributed by atoms with van der Waals surface area (Å²) >= 11 is 15.4. The van der Waals surface area contributed by atoms with Crippen molar-refractivity contribution in [1.29, 1.82) is 0 Å². The molecule has 11 heteroatoms. The van der Waals surface area contributed by atoms with Crippen molar-refractivity contribution in [3.05, 3.63) is 105 Å². The number of hydrogen-bond acceptors (Lipinski definition) is 8. The molecule has 204 valence electrons. The van der Waals surface area contributed by atoms with Gasteiger partial charge in [-0.2, -0.15) is 0 Å². The number of Topliss-reactive ketones (excluding diaryl/α,β-unsaturated/α-hetero) is 1. The van der Waals surface area contributed by atoms with Gasteiger partial charge < -0.3 is 9.84 Å². The van der Waals surface area contributed by atoms with E-state index >= 15 is 0 Å². The fourth-order valence-electron chi connectivity index (χ4n) is 4.27. The lowest BCUT2D eigenvalue weighted by Crippen LogP contribution is -2.29. The van der Waals surface area contributed by atoms with Crippen LogP contribution in [0.25, 0.3) is 5.76 Å². The molecule has 4 aromatic rings. The van der Waals surface area contributed by atoms with Crippen LogP contribution in [0.5, 0.6) is 5.75 Å². The van der Waals surface area contributed by atoms with Gasteiger partial charge in [-0.15, -0.1) is 10.2 Å². The third-order valence-electron chi connectivity index (χ3n) is 6.23. The Morgan fingerprint density at radius 2 is 1.77 bits per heavy atom. The van der Waals surface area contributed by atoms with Crippen molar-refractivity contribution in [3.8, 4) is 5.75 Å². The molecule has 1 unspecified atom stereocenters. The highest BCUT2D eigenvalue weighted by molar-refractivity contribution is 8.00. The Labute approximate surface area is 249 Å². The number of aryl methyl sites for hydroxylation is 1. The number of ether oxygens (including phenoxy) is 1. The Morgan fingerprint density at radius 3 is 2.45 bits per heavy atom. The maximum Gasteiger partial charge on any atom is 0.301 e. The molecular formula is C29H23Cl2N3O4S2. The van der Waals surface area contributed by atoms with Crippen LogP contribution in [0.3, 0.4) is 0 Å². The molecule has 40 heavy (non-hydrogen) atoms. The number of carbonyl (C=O) groups is 2. The first-order chi connectivity index (χ1) is 19.3. The summed E-state index contributed by atoms with van der Waals surface area (Å²) in [7, 11) is 0. The largest absolute Gasteiger partial charge is 0.507 e. The first-order valence-electron chi connectivity index (χ1n) is 12.3. The topological polar surface area (TPSA) is 92.6 Å². The molecule has 1 N–H and O–H groups in total. The van der Waals surface area contributed by atoms with Crippen molar-refractivity contribution >= 4 is 68.9 Å². The van der Waals surface area contributed by atoms with Crippen LogP contribution in [0, 0.1) is 6.92 Å². The second-order valence-electron chi connectivity index (χ2n) is 8.92.